The standard InChI is InChI=1S/C58H68N18O4/c1-15-53(77)63-43-27-45(66-57-60-18-17-52(68-57)76-47-23-36(4)61-32-41(47)56(69-76)71(7)8)50(79-13)30-49(43)74(11)22-20-72(9)34-39-26-42(37-24-38(31-59)55-40(25-37)35(3)33-75(55)12)65-58(62-39)67-46-28-44(64-54(78)16-2)48(29-51(46)80-14)73(10)21-19-70(5)6/h15-18,23-30,32-33H,1-2,19-22,34H2,3-14H3,(H,63,77)(H,64,78)(H,60,66,68)(H,62,65,67). The van der Waals surface area contributed by atoms with Crippen molar-refractivity contribution in [2.75, 3.05) is 126 Å². The molecule has 414 valence electrons. The lowest BCUT2D eigenvalue weighted by Crippen LogP contribution is -2.31. The van der Waals surface area contributed by atoms with E-state index in [9.17, 15) is 14.9 Å². The second-order valence-electron chi connectivity index (χ2n) is 19.9. The van der Waals surface area contributed by atoms with Gasteiger partial charge in [0.2, 0.25) is 23.7 Å². The number of nitriles is 1. The Morgan fingerprint density at radius 3 is 1.95 bits per heavy atom. The number of ether oxygens (including phenoxy) is 2. The van der Waals surface area contributed by atoms with E-state index >= 15 is 0 Å². The predicted octanol–water partition coefficient (Wildman–Crippen LogP) is 8.03. The summed E-state index contributed by atoms with van der Waals surface area (Å²) >= 11 is 0. The summed E-state index contributed by atoms with van der Waals surface area (Å²) in [6.45, 7) is 14.2. The van der Waals surface area contributed by atoms with E-state index in [-0.39, 0.29) is 17.8 Å². The number of aryl methyl sites for hydroxylation is 3. The third-order valence-electron chi connectivity index (χ3n) is 13.4. The minimum atomic E-state index is -0.399. The normalized spacial score (nSPS) is 11.2. The van der Waals surface area contributed by atoms with Gasteiger partial charge < -0.3 is 54.9 Å². The summed E-state index contributed by atoms with van der Waals surface area (Å²) in [5.41, 5.74) is 9.51. The molecule has 8 rings (SSSR count). The first-order valence-electron chi connectivity index (χ1n) is 25.7. The average molecular weight is 1080 g/mol. The van der Waals surface area contributed by atoms with Crippen molar-refractivity contribution >= 4 is 85.5 Å². The van der Waals surface area contributed by atoms with Gasteiger partial charge in [0, 0.05) is 121 Å². The fourth-order valence-electron chi connectivity index (χ4n) is 9.26. The summed E-state index contributed by atoms with van der Waals surface area (Å²) in [4.78, 5) is 60.0. The number of nitrogens with zero attached hydrogens (tertiary/aromatic N) is 14. The van der Waals surface area contributed by atoms with Gasteiger partial charge in [0.1, 0.15) is 17.6 Å². The van der Waals surface area contributed by atoms with Crippen molar-refractivity contribution in [1.82, 2.24) is 49.1 Å². The van der Waals surface area contributed by atoms with E-state index in [1.807, 2.05) is 138 Å². The Labute approximate surface area is 466 Å². The number of hydrogen-bond acceptors (Lipinski definition) is 18. The number of carbonyl (C=O) groups excluding carboxylic acids is 2. The van der Waals surface area contributed by atoms with Gasteiger partial charge in [-0.05, 0) is 89.1 Å². The molecule has 22 heteroatoms. The molecule has 0 saturated heterocycles. The molecule has 0 fully saturated rings. The van der Waals surface area contributed by atoms with Gasteiger partial charge in [-0.3, -0.25) is 19.5 Å². The molecule has 0 atom stereocenters. The van der Waals surface area contributed by atoms with Crippen molar-refractivity contribution in [3.63, 3.8) is 0 Å². The first-order valence-corrected chi connectivity index (χ1v) is 25.7. The number of pyridine rings is 1. The highest BCUT2D eigenvalue weighted by atomic mass is 16.5. The van der Waals surface area contributed by atoms with Crippen molar-refractivity contribution in [2.24, 2.45) is 7.05 Å². The van der Waals surface area contributed by atoms with Crippen LogP contribution in [0.4, 0.5) is 51.8 Å². The molecular weight excluding hydrogens is 1010 g/mol. The maximum atomic E-state index is 13.0. The molecule has 3 aromatic carbocycles. The fourth-order valence-corrected chi connectivity index (χ4v) is 9.26. The number of fused-ring (bicyclic) bond motifs is 2. The van der Waals surface area contributed by atoms with E-state index in [2.05, 4.69) is 60.3 Å². The molecule has 5 aromatic heterocycles. The average Bonchev–Trinajstić information content (AvgIpc) is 4.03. The molecule has 0 spiro atoms. The first kappa shape index (κ1) is 56.6. The van der Waals surface area contributed by atoms with Crippen molar-refractivity contribution in [2.45, 2.75) is 20.4 Å². The van der Waals surface area contributed by atoms with Crippen LogP contribution in [0.3, 0.4) is 0 Å². The Kier molecular flexibility index (Phi) is 17.3. The molecule has 0 radical (unpaired) electrons. The summed E-state index contributed by atoms with van der Waals surface area (Å²) in [5, 5.41) is 29.7. The minimum absolute atomic E-state index is 0.265. The summed E-state index contributed by atoms with van der Waals surface area (Å²) in [5.74, 6) is 2.01. The Bertz CT molecular complexity index is 3690. The Morgan fingerprint density at radius 1 is 0.738 bits per heavy atom. The number of anilines is 9. The summed E-state index contributed by atoms with van der Waals surface area (Å²) in [7, 11) is 18.8. The van der Waals surface area contributed by atoms with Crippen LogP contribution in [0.15, 0.2) is 98.5 Å². The number of hydrogen-bond donors (Lipinski definition) is 4. The van der Waals surface area contributed by atoms with Crippen LogP contribution in [0.2, 0.25) is 0 Å². The third kappa shape index (κ3) is 12.5. The van der Waals surface area contributed by atoms with Gasteiger partial charge >= 0.3 is 0 Å². The molecule has 0 aliphatic carbocycles. The van der Waals surface area contributed by atoms with Crippen LogP contribution in [0.25, 0.3) is 38.9 Å². The number of methoxy groups -OCH3 is 2. The molecule has 0 bridgehead atoms. The van der Waals surface area contributed by atoms with Crippen LogP contribution in [0.5, 0.6) is 11.5 Å². The quantitative estimate of drug-likeness (QED) is 0.0444. The summed E-state index contributed by atoms with van der Waals surface area (Å²) < 4.78 is 15.6. The molecule has 0 unspecified atom stereocenters. The van der Waals surface area contributed by atoms with Gasteiger partial charge in [-0.1, -0.05) is 13.2 Å². The van der Waals surface area contributed by atoms with E-state index in [0.29, 0.717) is 88.9 Å². The van der Waals surface area contributed by atoms with Gasteiger partial charge in [-0.15, -0.1) is 5.10 Å². The lowest BCUT2D eigenvalue weighted by atomic mass is 10.0. The van der Waals surface area contributed by atoms with E-state index in [1.165, 1.54) is 12.2 Å². The SMILES string of the molecule is C=CC(=O)Nc1cc(Nc2nc(CN(C)CCN(C)c3cc(OC)c(Nc4nccc(-n5nc(N(C)C)c6cnc(C)cc65)n4)cc3NC(=O)C=C)cc(-c3cc(C#N)c4c(c3)c(C)cn4C)n2)c(OC)cc1N(C)CCN(C)C. The molecule has 4 N–H and O–H groups in total. The van der Waals surface area contributed by atoms with Gasteiger partial charge in [0.25, 0.3) is 0 Å². The zero-order valence-corrected chi connectivity index (χ0v) is 47.4. The molecule has 0 saturated carbocycles. The number of benzene rings is 3. The van der Waals surface area contributed by atoms with Crippen molar-refractivity contribution in [1.29, 1.82) is 5.26 Å². The van der Waals surface area contributed by atoms with Crippen LogP contribution in [0.1, 0.15) is 22.5 Å². The van der Waals surface area contributed by atoms with Crippen molar-refractivity contribution in [3.8, 4) is 34.6 Å². The zero-order chi connectivity index (χ0) is 57.5. The highest BCUT2D eigenvalue weighted by Crippen LogP contribution is 2.40. The van der Waals surface area contributed by atoms with E-state index in [0.717, 1.165) is 56.7 Å². The number of carbonyl (C=O) groups is 2. The highest BCUT2D eigenvalue weighted by molar-refractivity contribution is 6.03. The van der Waals surface area contributed by atoms with Crippen LogP contribution < -0.4 is 45.4 Å². The second-order valence-corrected chi connectivity index (χ2v) is 19.9. The first-order chi connectivity index (χ1) is 38.3. The van der Waals surface area contributed by atoms with Crippen LogP contribution in [-0.2, 0) is 23.2 Å². The van der Waals surface area contributed by atoms with Gasteiger partial charge in [0.05, 0.1) is 81.7 Å². The Morgan fingerprint density at radius 2 is 1.36 bits per heavy atom. The number of rotatable bonds is 23. The van der Waals surface area contributed by atoms with E-state index < -0.39 is 5.91 Å². The van der Waals surface area contributed by atoms with Crippen LogP contribution in [0, 0.1) is 25.2 Å². The largest absolute Gasteiger partial charge is 0.494 e. The van der Waals surface area contributed by atoms with Gasteiger partial charge in [-0.25, -0.2) is 19.6 Å². The molecule has 5 heterocycles. The Balaban J connectivity index is 1.09. The Hall–Kier alpha value is -9.59. The molecule has 0 aliphatic heterocycles. The lowest BCUT2D eigenvalue weighted by Gasteiger charge is -2.27. The number of amides is 2. The third-order valence-corrected chi connectivity index (χ3v) is 13.4. The number of nitrogens with one attached hydrogen (secondary N) is 4. The van der Waals surface area contributed by atoms with E-state index in [1.54, 1.807) is 43.3 Å². The highest BCUT2D eigenvalue weighted by Gasteiger charge is 2.22. The van der Waals surface area contributed by atoms with Gasteiger partial charge in [-0.2, -0.15) is 10.2 Å². The number of aromatic nitrogens is 8. The molecule has 80 heavy (non-hydrogen) atoms. The van der Waals surface area contributed by atoms with Crippen LogP contribution >= 0.6 is 0 Å². The predicted molar refractivity (Wildman–Crippen MR) is 319 cm³/mol. The molecule has 22 nitrogen and oxygen atoms in total. The lowest BCUT2D eigenvalue weighted by molar-refractivity contribution is -0.112. The summed E-state index contributed by atoms with van der Waals surface area (Å²) in [6.07, 6.45) is 7.90. The van der Waals surface area contributed by atoms with Crippen molar-refractivity contribution < 1.29 is 19.1 Å². The summed E-state index contributed by atoms with van der Waals surface area (Å²) in [6, 6.07) is 19.2. The maximum absolute atomic E-state index is 13.0. The molecule has 2 amide bonds. The second kappa shape index (κ2) is 24.4. The minimum Gasteiger partial charge on any atom is -0.494 e. The number of likely N-dealkylation sites (N-methyl/N-ethyl adjacent to an activating group) is 4. The maximum Gasteiger partial charge on any atom is 0.247 e. The smallest absolute Gasteiger partial charge is 0.247 e. The monoisotopic (exact) mass is 1080 g/mol. The topological polar surface area (TPSA) is 228 Å². The van der Waals surface area contributed by atoms with Gasteiger partial charge in [0.15, 0.2) is 11.6 Å². The molecular formula is C58H68N18O4. The van der Waals surface area contributed by atoms with E-state index in [4.69, 9.17) is 29.5 Å². The zero-order valence-electron chi connectivity index (χ0n) is 47.4. The molecule has 0 aliphatic rings. The van der Waals surface area contributed by atoms with Crippen LogP contribution in [-0.4, -0.2) is 151 Å². The molecule has 8 aromatic rings. The fraction of sp³-hybridized carbons (Fsp3) is 0.293. The van der Waals surface area contributed by atoms with Crippen molar-refractivity contribution in [3.05, 3.63) is 121 Å².